The summed E-state index contributed by atoms with van der Waals surface area (Å²) in [5.41, 5.74) is 21.3. The van der Waals surface area contributed by atoms with Crippen LogP contribution in [0, 0.1) is 0 Å². The molecule has 0 fully saturated rings. The van der Waals surface area contributed by atoms with Gasteiger partial charge in [-0.1, -0.05) is 206 Å². The summed E-state index contributed by atoms with van der Waals surface area (Å²) in [5, 5.41) is 8.20. The van der Waals surface area contributed by atoms with E-state index in [0.29, 0.717) is 5.95 Å². The molecule has 5 nitrogen and oxygen atoms in total. The van der Waals surface area contributed by atoms with Gasteiger partial charge in [0, 0.05) is 55.2 Å². The molecule has 0 atom stereocenters. The Labute approximate surface area is 449 Å². The van der Waals surface area contributed by atoms with E-state index in [4.69, 9.17) is 9.97 Å². The van der Waals surface area contributed by atoms with Crippen molar-refractivity contribution in [1.82, 2.24) is 19.1 Å². The number of rotatable bonds is 6. The number of benzene rings is 12. The summed E-state index contributed by atoms with van der Waals surface area (Å²) in [6.07, 6.45) is 0. The lowest BCUT2D eigenvalue weighted by molar-refractivity contribution is 0.794. The molecule has 0 saturated carbocycles. The Morgan fingerprint density at radius 3 is 1.58 bits per heavy atom. The Morgan fingerprint density at radius 1 is 0.321 bits per heavy atom. The van der Waals surface area contributed by atoms with Crippen LogP contribution in [0.5, 0.6) is 0 Å². The second kappa shape index (κ2) is 16.3. The quantitative estimate of drug-likeness (QED) is 0.167. The molecule has 2 aliphatic rings. The molecule has 3 aromatic heterocycles. The van der Waals surface area contributed by atoms with E-state index < -0.39 is 5.41 Å². The van der Waals surface area contributed by atoms with Gasteiger partial charge in [0.2, 0.25) is 5.95 Å². The van der Waals surface area contributed by atoms with Crippen molar-refractivity contribution in [3.8, 4) is 45.1 Å². The van der Waals surface area contributed by atoms with Gasteiger partial charge in [-0.25, -0.2) is 9.97 Å². The molecule has 12 aromatic carbocycles. The first-order valence-corrected chi connectivity index (χ1v) is 26.8. The molecule has 78 heavy (non-hydrogen) atoms. The van der Waals surface area contributed by atoms with Crippen molar-refractivity contribution in [2.45, 2.75) is 5.41 Å². The molecule has 0 amide bonds. The molecule has 5 heteroatoms. The molecule has 0 aliphatic heterocycles. The summed E-state index contributed by atoms with van der Waals surface area (Å²) in [5.74, 6) is 0.625. The third-order valence-electron chi connectivity index (χ3n) is 16.9. The molecule has 1 spiro atoms. The smallest absolute Gasteiger partial charge is 0.235 e. The third-order valence-corrected chi connectivity index (χ3v) is 16.9. The number of aromatic nitrogens is 4. The van der Waals surface area contributed by atoms with Gasteiger partial charge < -0.3 is 9.47 Å². The standard InChI is InChI=1S/C73H45N5/c1-3-20-47(21-4-1)71-58-29-12-17-33-65(58)74-72(75-71)78-66-34-18-13-28-56(66)57-39-36-50(44-68(57)78)76(51-37-40-59-69(45-51)77(48-22-5-2-6-23-48)67-42-35-46-19-7-8-24-52(46)70(59)67)49-38-41-64-60(43-49)55-27-11-16-32-63(55)73(64)61-30-14-9-25-53(61)54-26-10-15-31-62(54)73/h1-45H. The zero-order chi connectivity index (χ0) is 51.1. The molecule has 0 bridgehead atoms. The number of fused-ring (bicyclic) bond motifs is 19. The van der Waals surface area contributed by atoms with Crippen molar-refractivity contribution in [3.63, 3.8) is 0 Å². The van der Waals surface area contributed by atoms with Crippen LogP contribution in [0.2, 0.25) is 0 Å². The van der Waals surface area contributed by atoms with Gasteiger partial charge in [-0.05, 0) is 122 Å². The SMILES string of the molecule is c1ccc(-c2nc(-n3c4ccccc4c4ccc(N(c5ccc6c(c5)-c5ccccc5C65c6ccccc6-c6ccccc65)c5ccc6c7c8ccccc8ccc7n(-c7ccccc7)c6c5)cc43)nc3ccccc23)cc1. The van der Waals surface area contributed by atoms with Crippen molar-refractivity contribution in [3.05, 3.63) is 295 Å². The van der Waals surface area contributed by atoms with E-state index in [1.807, 2.05) is 0 Å². The molecule has 15 aromatic rings. The summed E-state index contributed by atoms with van der Waals surface area (Å²) >= 11 is 0. The van der Waals surface area contributed by atoms with E-state index in [1.54, 1.807) is 0 Å². The minimum absolute atomic E-state index is 0.459. The summed E-state index contributed by atoms with van der Waals surface area (Å²) in [7, 11) is 0. The number of para-hydroxylation sites is 3. The first-order chi connectivity index (χ1) is 38.7. The van der Waals surface area contributed by atoms with Crippen LogP contribution >= 0.6 is 0 Å². The molecule has 362 valence electrons. The predicted octanol–water partition coefficient (Wildman–Crippen LogP) is 18.5. The summed E-state index contributed by atoms with van der Waals surface area (Å²) in [6.45, 7) is 0. The van der Waals surface area contributed by atoms with Crippen LogP contribution in [0.4, 0.5) is 17.1 Å². The van der Waals surface area contributed by atoms with Crippen LogP contribution in [0.3, 0.4) is 0 Å². The first-order valence-electron chi connectivity index (χ1n) is 26.8. The summed E-state index contributed by atoms with van der Waals surface area (Å²) in [6, 6.07) is 100. The second-order valence-corrected chi connectivity index (χ2v) is 20.8. The molecule has 0 radical (unpaired) electrons. The van der Waals surface area contributed by atoms with Crippen LogP contribution < -0.4 is 4.90 Å². The zero-order valence-electron chi connectivity index (χ0n) is 42.2. The first kappa shape index (κ1) is 42.9. The number of nitrogens with zero attached hydrogens (tertiary/aromatic N) is 5. The molecule has 0 N–H and O–H groups in total. The van der Waals surface area contributed by atoms with Gasteiger partial charge >= 0.3 is 0 Å². The maximum Gasteiger partial charge on any atom is 0.235 e. The Kier molecular flexibility index (Phi) is 8.98. The maximum atomic E-state index is 5.48. The van der Waals surface area contributed by atoms with Crippen molar-refractivity contribution in [2.75, 3.05) is 4.90 Å². The predicted molar refractivity (Wildman–Crippen MR) is 322 cm³/mol. The molecule has 0 saturated heterocycles. The van der Waals surface area contributed by atoms with E-state index in [1.165, 1.54) is 71.6 Å². The van der Waals surface area contributed by atoms with Crippen LogP contribution in [0.25, 0.3) is 110 Å². The average Bonchev–Trinajstić information content (AvgIpc) is 4.37. The normalized spacial score (nSPS) is 13.0. The molecular formula is C73H45N5. The fourth-order valence-corrected chi connectivity index (χ4v) is 13.7. The van der Waals surface area contributed by atoms with Crippen molar-refractivity contribution in [1.29, 1.82) is 0 Å². The highest BCUT2D eigenvalue weighted by Gasteiger charge is 2.51. The van der Waals surface area contributed by atoms with Crippen molar-refractivity contribution in [2.24, 2.45) is 0 Å². The molecule has 0 unspecified atom stereocenters. The van der Waals surface area contributed by atoms with Crippen LogP contribution in [-0.2, 0) is 5.41 Å². The minimum atomic E-state index is -0.459. The van der Waals surface area contributed by atoms with Crippen molar-refractivity contribution < 1.29 is 0 Å². The average molecular weight is 992 g/mol. The fourth-order valence-electron chi connectivity index (χ4n) is 13.7. The molecule has 2 aliphatic carbocycles. The van der Waals surface area contributed by atoms with E-state index in [2.05, 4.69) is 287 Å². The molecular weight excluding hydrogens is 947 g/mol. The van der Waals surface area contributed by atoms with Gasteiger partial charge in [-0.3, -0.25) is 4.57 Å². The summed E-state index contributed by atoms with van der Waals surface area (Å²) < 4.78 is 4.71. The lowest BCUT2D eigenvalue weighted by atomic mass is 9.70. The second-order valence-electron chi connectivity index (χ2n) is 20.8. The van der Waals surface area contributed by atoms with Gasteiger partial charge in [0.1, 0.15) is 0 Å². The van der Waals surface area contributed by atoms with Crippen LogP contribution in [-0.4, -0.2) is 19.1 Å². The Morgan fingerprint density at radius 2 is 0.846 bits per heavy atom. The van der Waals surface area contributed by atoms with Crippen LogP contribution in [0.15, 0.2) is 273 Å². The molecule has 3 heterocycles. The highest BCUT2D eigenvalue weighted by atomic mass is 15.2. The highest BCUT2D eigenvalue weighted by molar-refractivity contribution is 6.22. The topological polar surface area (TPSA) is 38.9 Å². The van der Waals surface area contributed by atoms with Gasteiger partial charge in [0.15, 0.2) is 0 Å². The van der Waals surface area contributed by atoms with Crippen molar-refractivity contribution >= 4 is 82.3 Å². The fraction of sp³-hybridized carbons (Fsp3) is 0.0137. The Bertz CT molecular complexity index is 4940. The number of hydrogen-bond donors (Lipinski definition) is 0. The maximum absolute atomic E-state index is 5.48. The number of hydrogen-bond acceptors (Lipinski definition) is 3. The van der Waals surface area contributed by atoms with E-state index in [-0.39, 0.29) is 0 Å². The molecule has 17 rings (SSSR count). The highest BCUT2D eigenvalue weighted by Crippen LogP contribution is 2.63. The summed E-state index contributed by atoms with van der Waals surface area (Å²) in [4.78, 5) is 13.3. The van der Waals surface area contributed by atoms with E-state index in [0.717, 1.165) is 72.2 Å². The lowest BCUT2D eigenvalue weighted by Crippen LogP contribution is -2.25. The largest absolute Gasteiger partial charge is 0.310 e. The lowest BCUT2D eigenvalue weighted by Gasteiger charge is -2.31. The Hall–Kier alpha value is -10.4. The van der Waals surface area contributed by atoms with E-state index >= 15 is 0 Å². The zero-order valence-corrected chi connectivity index (χ0v) is 42.2. The third kappa shape index (κ3) is 5.90. The van der Waals surface area contributed by atoms with E-state index in [9.17, 15) is 0 Å². The van der Waals surface area contributed by atoms with Gasteiger partial charge in [-0.2, -0.15) is 0 Å². The van der Waals surface area contributed by atoms with Gasteiger partial charge in [-0.15, -0.1) is 0 Å². The Balaban J connectivity index is 0.950. The monoisotopic (exact) mass is 991 g/mol. The van der Waals surface area contributed by atoms with Crippen LogP contribution in [0.1, 0.15) is 22.3 Å². The van der Waals surface area contributed by atoms with Gasteiger partial charge in [0.05, 0.1) is 38.7 Å². The van der Waals surface area contributed by atoms with Gasteiger partial charge in [0.25, 0.3) is 0 Å². The minimum Gasteiger partial charge on any atom is -0.310 e. The number of anilines is 3.